The molecule has 1 amide bonds. The Hall–Kier alpha value is -4.39. The van der Waals surface area contributed by atoms with E-state index in [1.165, 1.54) is 15.5 Å². The predicted octanol–water partition coefficient (Wildman–Crippen LogP) is 5.85. The molecule has 5 rings (SSSR count). The van der Waals surface area contributed by atoms with Gasteiger partial charge in [0, 0.05) is 40.4 Å². The maximum Gasteiger partial charge on any atom is 0.329 e. The number of halogens is 2. The van der Waals surface area contributed by atoms with Crippen LogP contribution < -0.4 is 10.4 Å². The minimum atomic E-state index is -0.765. The van der Waals surface area contributed by atoms with Crippen molar-refractivity contribution in [3.05, 3.63) is 110 Å². The number of rotatable bonds is 9. The highest BCUT2D eigenvalue weighted by Gasteiger charge is 2.32. The molecule has 222 valence electrons. The van der Waals surface area contributed by atoms with Crippen LogP contribution in [0.5, 0.6) is 11.6 Å². The van der Waals surface area contributed by atoms with Crippen molar-refractivity contribution in [2.24, 2.45) is 0 Å². The highest BCUT2D eigenvalue weighted by Crippen LogP contribution is 2.39. The van der Waals surface area contributed by atoms with Crippen molar-refractivity contribution in [2.75, 3.05) is 20.7 Å². The van der Waals surface area contributed by atoms with Gasteiger partial charge in [-0.3, -0.25) is 9.36 Å². The van der Waals surface area contributed by atoms with Gasteiger partial charge in [0.25, 0.3) is 5.91 Å². The zero-order valence-corrected chi connectivity index (χ0v) is 26.2. The Kier molecular flexibility index (Phi) is 8.71. The molecule has 2 aromatic heterocycles. The number of ether oxygens (including phenoxy) is 1. The Morgan fingerprint density at radius 3 is 2.44 bits per heavy atom. The van der Waals surface area contributed by atoms with Crippen LogP contribution in [-0.4, -0.2) is 56.1 Å². The van der Waals surface area contributed by atoms with Gasteiger partial charge in [0.1, 0.15) is 29.1 Å². The quantitative estimate of drug-likeness (QED) is 0.168. The molecule has 0 radical (unpaired) electrons. The number of nitrogens with one attached hydrogen (secondary N) is 2. The first-order valence-electron chi connectivity index (χ1n) is 13.6. The molecular weight excluding hydrogens is 664 g/mol. The summed E-state index contributed by atoms with van der Waals surface area (Å²) in [6, 6.07) is 20.5. The van der Waals surface area contributed by atoms with Gasteiger partial charge in [0.2, 0.25) is 5.88 Å². The second-order valence-electron chi connectivity index (χ2n) is 10.5. The Balaban J connectivity index is 1.56. The lowest BCUT2D eigenvalue weighted by Gasteiger charge is -2.24. The molecule has 0 saturated carbocycles. The van der Waals surface area contributed by atoms with Crippen LogP contribution in [0.4, 0.5) is 4.39 Å². The molecule has 0 aliphatic rings. The van der Waals surface area contributed by atoms with E-state index in [1.54, 1.807) is 51.4 Å². The standard InChI is InChI=1S/C32H31FIN5O4/c1-18(20-8-6-5-7-9-20)29(30-35-19(2)27(36-30)24-15-12-22(34)16-25(24)33)39-31(41)28(37-32(39)42)21-10-13-23(14-11-21)43-17-26(40)38(3)4/h5-16,18,29,41H,17H2,1-4H3,(H,35,36)(H,37,42)/t18-,29-/m0/s1. The number of amides is 1. The van der Waals surface area contributed by atoms with Gasteiger partial charge in [-0.15, -0.1) is 0 Å². The Morgan fingerprint density at radius 2 is 1.79 bits per heavy atom. The first-order chi connectivity index (χ1) is 20.5. The molecule has 0 aliphatic carbocycles. The molecule has 0 fully saturated rings. The summed E-state index contributed by atoms with van der Waals surface area (Å²) >= 11 is 2.05. The fraction of sp³-hybridized carbons (Fsp3) is 0.219. The molecule has 0 aliphatic heterocycles. The van der Waals surface area contributed by atoms with Crippen molar-refractivity contribution in [3.63, 3.8) is 0 Å². The van der Waals surface area contributed by atoms with E-state index in [9.17, 15) is 19.1 Å². The minimum absolute atomic E-state index is 0.111. The van der Waals surface area contributed by atoms with Crippen molar-refractivity contribution in [1.82, 2.24) is 24.4 Å². The summed E-state index contributed by atoms with van der Waals surface area (Å²) in [4.78, 5) is 37.7. The average molecular weight is 696 g/mol. The molecule has 11 heteroatoms. The van der Waals surface area contributed by atoms with Gasteiger partial charge in [0.05, 0.1) is 5.69 Å². The number of likely N-dealkylation sites (N-methyl/N-ethyl adjacent to an activating group) is 1. The van der Waals surface area contributed by atoms with E-state index < -0.39 is 17.5 Å². The van der Waals surface area contributed by atoms with Gasteiger partial charge in [-0.1, -0.05) is 37.3 Å². The van der Waals surface area contributed by atoms with Crippen molar-refractivity contribution < 1.29 is 19.0 Å². The minimum Gasteiger partial charge on any atom is -0.493 e. The van der Waals surface area contributed by atoms with Crippen LogP contribution in [0.2, 0.25) is 0 Å². The van der Waals surface area contributed by atoms with E-state index in [1.807, 2.05) is 43.3 Å². The first-order valence-corrected chi connectivity index (χ1v) is 14.7. The SMILES string of the molecule is Cc1[nH]c([C@H]([C@@H](C)c2ccccc2)n2c(O)c(-c3ccc(OCC(=O)N(C)C)cc3)[nH]c2=O)nc1-c1ccc(I)cc1F. The molecule has 43 heavy (non-hydrogen) atoms. The zero-order chi connectivity index (χ0) is 30.8. The van der Waals surface area contributed by atoms with Crippen LogP contribution in [0.25, 0.3) is 22.5 Å². The molecule has 5 aromatic rings. The number of aromatic nitrogens is 4. The van der Waals surface area contributed by atoms with Crippen LogP contribution in [0.3, 0.4) is 0 Å². The second kappa shape index (κ2) is 12.5. The lowest BCUT2D eigenvalue weighted by molar-refractivity contribution is -0.130. The average Bonchev–Trinajstić information content (AvgIpc) is 3.51. The number of hydrogen-bond acceptors (Lipinski definition) is 5. The monoisotopic (exact) mass is 695 g/mol. The van der Waals surface area contributed by atoms with Crippen molar-refractivity contribution in [1.29, 1.82) is 0 Å². The number of carbonyl (C=O) groups excluding carboxylic acids is 1. The van der Waals surface area contributed by atoms with E-state index in [-0.39, 0.29) is 30.0 Å². The van der Waals surface area contributed by atoms with Gasteiger partial charge in [-0.25, -0.2) is 14.2 Å². The Morgan fingerprint density at radius 1 is 1.09 bits per heavy atom. The number of aromatic hydroxyl groups is 1. The summed E-state index contributed by atoms with van der Waals surface area (Å²) in [6.07, 6.45) is 0. The van der Waals surface area contributed by atoms with E-state index in [2.05, 4.69) is 32.6 Å². The van der Waals surface area contributed by atoms with E-state index in [0.717, 1.165) is 9.13 Å². The van der Waals surface area contributed by atoms with Crippen molar-refractivity contribution in [3.8, 4) is 34.1 Å². The molecule has 0 unspecified atom stereocenters. The first kappa shape index (κ1) is 30.1. The third-order valence-corrected chi connectivity index (χ3v) is 8.02. The molecule has 0 saturated heterocycles. The van der Waals surface area contributed by atoms with Gasteiger partial charge in [0.15, 0.2) is 6.61 Å². The number of carbonyl (C=O) groups is 1. The number of nitrogens with zero attached hydrogens (tertiary/aromatic N) is 3. The summed E-state index contributed by atoms with van der Waals surface area (Å²) in [5.41, 5.74) is 2.56. The van der Waals surface area contributed by atoms with E-state index >= 15 is 0 Å². The lowest BCUT2D eigenvalue weighted by Crippen LogP contribution is -2.27. The third kappa shape index (κ3) is 6.21. The summed E-state index contributed by atoms with van der Waals surface area (Å²) in [7, 11) is 3.30. The second-order valence-corrected chi connectivity index (χ2v) is 11.7. The maximum absolute atomic E-state index is 15.0. The van der Waals surface area contributed by atoms with E-state index in [4.69, 9.17) is 9.72 Å². The number of benzene rings is 3. The molecule has 2 atom stereocenters. The zero-order valence-electron chi connectivity index (χ0n) is 24.1. The fourth-order valence-corrected chi connectivity index (χ4v) is 5.43. The molecule has 2 heterocycles. The van der Waals surface area contributed by atoms with Crippen molar-refractivity contribution in [2.45, 2.75) is 25.8 Å². The van der Waals surface area contributed by atoms with Crippen LogP contribution in [0.1, 0.15) is 36.0 Å². The fourth-order valence-electron chi connectivity index (χ4n) is 4.98. The maximum atomic E-state index is 15.0. The van der Waals surface area contributed by atoms with Gasteiger partial charge >= 0.3 is 5.69 Å². The number of aryl methyl sites for hydroxylation is 1. The van der Waals surface area contributed by atoms with Crippen LogP contribution in [0.15, 0.2) is 77.6 Å². The Labute approximate surface area is 261 Å². The van der Waals surface area contributed by atoms with Gasteiger partial charge in [-0.2, -0.15) is 0 Å². The number of aromatic amines is 2. The summed E-state index contributed by atoms with van der Waals surface area (Å²) < 4.78 is 22.5. The molecule has 3 N–H and O–H groups in total. The topological polar surface area (TPSA) is 116 Å². The predicted molar refractivity (Wildman–Crippen MR) is 171 cm³/mol. The number of imidazole rings is 2. The summed E-state index contributed by atoms with van der Waals surface area (Å²) in [5, 5.41) is 11.5. The molecular formula is C32H31FIN5O4. The highest BCUT2D eigenvalue weighted by atomic mass is 127. The smallest absolute Gasteiger partial charge is 0.329 e. The third-order valence-electron chi connectivity index (χ3n) is 7.35. The Bertz CT molecular complexity index is 1810. The number of H-pyrrole nitrogens is 2. The van der Waals surface area contributed by atoms with Crippen LogP contribution in [-0.2, 0) is 4.79 Å². The van der Waals surface area contributed by atoms with Crippen LogP contribution in [0, 0.1) is 16.3 Å². The highest BCUT2D eigenvalue weighted by molar-refractivity contribution is 14.1. The normalized spacial score (nSPS) is 12.6. The molecule has 3 aromatic carbocycles. The van der Waals surface area contributed by atoms with Gasteiger partial charge < -0.3 is 24.7 Å². The number of hydrogen-bond donors (Lipinski definition) is 3. The van der Waals surface area contributed by atoms with Crippen LogP contribution >= 0.6 is 22.6 Å². The van der Waals surface area contributed by atoms with Crippen molar-refractivity contribution >= 4 is 28.5 Å². The molecule has 9 nitrogen and oxygen atoms in total. The summed E-state index contributed by atoms with van der Waals surface area (Å²) in [5.74, 6) is -0.300. The molecule has 0 spiro atoms. The molecule has 0 bridgehead atoms. The van der Waals surface area contributed by atoms with E-state index in [0.29, 0.717) is 34.1 Å². The largest absolute Gasteiger partial charge is 0.493 e. The summed E-state index contributed by atoms with van der Waals surface area (Å²) in [6.45, 7) is 3.64. The van der Waals surface area contributed by atoms with Gasteiger partial charge in [-0.05, 0) is 77.5 Å². The lowest BCUT2D eigenvalue weighted by atomic mass is 9.92.